The van der Waals surface area contributed by atoms with E-state index >= 15 is 0 Å². The van der Waals surface area contributed by atoms with Gasteiger partial charge in [0.25, 0.3) is 5.91 Å². The van der Waals surface area contributed by atoms with E-state index in [4.69, 9.17) is 21.1 Å². The molecule has 13 heteroatoms. The summed E-state index contributed by atoms with van der Waals surface area (Å²) in [5.41, 5.74) is 2.51. The standard InChI is InChI=1S/C41H61ClN6O5S/c1-6-8-10-11-12-13-14-15-16-17-19-35(53-34-27-23-32(24-28-34)47-54(50,51)30-9-7-2)40(49)43-31-21-25-33(26-22-31)52-29-18-20-36-44-39-37(42)38(41(3,4)5)46-48(39)45-36/h21-28,35,46-47H,6-20,29-30H2,1-5H3,(H,43,49). The number of hydrogen-bond acceptors (Lipinski definition) is 7. The fourth-order valence-electron chi connectivity index (χ4n) is 6.11. The molecule has 0 aliphatic heterocycles. The van der Waals surface area contributed by atoms with Crippen molar-refractivity contribution in [1.82, 2.24) is 19.8 Å². The smallest absolute Gasteiger partial charge is 0.265 e. The van der Waals surface area contributed by atoms with Gasteiger partial charge in [-0.2, -0.15) is 4.63 Å². The van der Waals surface area contributed by atoms with Crippen molar-refractivity contribution in [2.75, 3.05) is 22.4 Å². The number of nitrogens with one attached hydrogen (secondary N) is 3. The lowest BCUT2D eigenvalue weighted by molar-refractivity contribution is -0.123. The van der Waals surface area contributed by atoms with E-state index in [-0.39, 0.29) is 17.1 Å². The summed E-state index contributed by atoms with van der Waals surface area (Å²) >= 11 is 6.56. The molecule has 2 aromatic carbocycles. The van der Waals surface area contributed by atoms with Crippen molar-refractivity contribution in [3.8, 4) is 11.5 Å². The van der Waals surface area contributed by atoms with Gasteiger partial charge in [-0.3, -0.25) is 14.6 Å². The first-order valence-corrected chi connectivity index (χ1v) is 21.9. The Morgan fingerprint density at radius 3 is 2.04 bits per heavy atom. The minimum absolute atomic E-state index is 0.0758. The largest absolute Gasteiger partial charge is 0.494 e. The molecule has 298 valence electrons. The molecule has 0 saturated heterocycles. The summed E-state index contributed by atoms with van der Waals surface area (Å²) < 4.78 is 41.1. The van der Waals surface area contributed by atoms with E-state index < -0.39 is 16.1 Å². The van der Waals surface area contributed by atoms with Crippen LogP contribution >= 0.6 is 11.6 Å². The van der Waals surface area contributed by atoms with E-state index in [2.05, 4.69) is 52.9 Å². The number of rotatable bonds is 25. The van der Waals surface area contributed by atoms with Crippen LogP contribution in [-0.4, -0.2) is 52.6 Å². The SMILES string of the molecule is CCCCCCCCCCCCC(Oc1ccc(NS(=O)(=O)CCCC)cc1)C(=O)Nc1ccc(OCCCc2nc3c(Cl)c(C(C)(C)C)[nH]n3n2)cc1. The normalized spacial score (nSPS) is 12.6. The average molecular weight is 785 g/mol. The van der Waals surface area contributed by atoms with Crippen LogP contribution in [0, 0.1) is 0 Å². The number of benzene rings is 2. The highest BCUT2D eigenvalue weighted by Gasteiger charge is 2.24. The summed E-state index contributed by atoms with van der Waals surface area (Å²) in [5.74, 6) is 1.74. The van der Waals surface area contributed by atoms with Crippen molar-refractivity contribution in [3.63, 3.8) is 0 Å². The Labute approximate surface area is 327 Å². The molecule has 3 N–H and O–H groups in total. The summed E-state index contributed by atoms with van der Waals surface area (Å²) in [5, 5.41) is 11.4. The van der Waals surface area contributed by atoms with Gasteiger partial charge in [-0.1, -0.05) is 110 Å². The lowest BCUT2D eigenvalue weighted by Crippen LogP contribution is -2.33. The Morgan fingerprint density at radius 2 is 1.43 bits per heavy atom. The molecule has 4 rings (SSSR count). The fourth-order valence-corrected chi connectivity index (χ4v) is 7.83. The van der Waals surface area contributed by atoms with Crippen molar-refractivity contribution < 1.29 is 22.7 Å². The molecule has 54 heavy (non-hydrogen) atoms. The summed E-state index contributed by atoms with van der Waals surface area (Å²) in [6.07, 6.45) is 14.6. The first-order chi connectivity index (χ1) is 25.9. The maximum absolute atomic E-state index is 13.5. The Hall–Kier alpha value is -3.77. The van der Waals surface area contributed by atoms with Gasteiger partial charge in [0.1, 0.15) is 16.5 Å². The molecular weight excluding hydrogens is 724 g/mol. The number of fused-ring (bicyclic) bond motifs is 1. The molecule has 1 atom stereocenters. The Kier molecular flexibility index (Phi) is 17.0. The summed E-state index contributed by atoms with van der Waals surface area (Å²) in [6, 6.07) is 14.0. The van der Waals surface area contributed by atoms with Crippen molar-refractivity contribution in [1.29, 1.82) is 0 Å². The number of unbranched alkanes of at least 4 members (excludes halogenated alkanes) is 10. The van der Waals surface area contributed by atoms with Crippen LogP contribution in [-0.2, 0) is 26.7 Å². The highest BCUT2D eigenvalue weighted by molar-refractivity contribution is 7.92. The van der Waals surface area contributed by atoms with E-state index in [0.717, 1.165) is 37.8 Å². The monoisotopic (exact) mass is 784 g/mol. The topological polar surface area (TPSA) is 140 Å². The lowest BCUT2D eigenvalue weighted by atomic mass is 9.92. The zero-order valence-electron chi connectivity index (χ0n) is 32.9. The van der Waals surface area contributed by atoms with Gasteiger partial charge in [-0.15, -0.1) is 5.10 Å². The molecule has 4 aromatic rings. The van der Waals surface area contributed by atoms with Crippen molar-refractivity contribution >= 4 is 44.6 Å². The van der Waals surface area contributed by atoms with Gasteiger partial charge in [0.2, 0.25) is 10.0 Å². The fraction of sp³-hybridized carbons (Fsp3) is 0.585. The number of aromatic nitrogens is 4. The number of anilines is 2. The van der Waals surface area contributed by atoms with Gasteiger partial charge >= 0.3 is 0 Å². The van der Waals surface area contributed by atoms with Gasteiger partial charge in [0, 0.05) is 23.2 Å². The van der Waals surface area contributed by atoms with Crippen molar-refractivity contribution in [2.24, 2.45) is 0 Å². The third kappa shape index (κ3) is 14.1. The van der Waals surface area contributed by atoms with Crippen LogP contribution in [0.3, 0.4) is 0 Å². The Morgan fingerprint density at radius 1 is 0.833 bits per heavy atom. The first kappa shape index (κ1) is 43.0. The molecule has 0 aliphatic carbocycles. The van der Waals surface area contributed by atoms with E-state index in [1.165, 1.54) is 44.9 Å². The van der Waals surface area contributed by atoms with Crippen molar-refractivity contribution in [2.45, 2.75) is 142 Å². The summed E-state index contributed by atoms with van der Waals surface area (Å²) in [4.78, 5) is 18.1. The van der Waals surface area contributed by atoms with Crippen LogP contribution in [0.1, 0.15) is 136 Å². The van der Waals surface area contributed by atoms with Crippen LogP contribution in [0.25, 0.3) is 5.65 Å². The highest BCUT2D eigenvalue weighted by atomic mass is 35.5. The first-order valence-electron chi connectivity index (χ1n) is 19.8. The number of carbonyl (C=O) groups is 1. The highest BCUT2D eigenvalue weighted by Crippen LogP contribution is 2.31. The summed E-state index contributed by atoms with van der Waals surface area (Å²) in [6.45, 7) is 10.9. The molecule has 0 fully saturated rings. The van der Waals surface area contributed by atoms with Gasteiger partial charge in [-0.25, -0.2) is 13.4 Å². The van der Waals surface area contributed by atoms with Gasteiger partial charge in [0.05, 0.1) is 18.1 Å². The third-order valence-electron chi connectivity index (χ3n) is 9.25. The van der Waals surface area contributed by atoms with Crippen LogP contribution in [0.15, 0.2) is 48.5 Å². The number of halogens is 1. The number of H-pyrrole nitrogens is 1. The molecule has 1 unspecified atom stereocenters. The maximum Gasteiger partial charge on any atom is 0.265 e. The second-order valence-electron chi connectivity index (χ2n) is 15.2. The van der Waals surface area contributed by atoms with E-state index in [9.17, 15) is 13.2 Å². The molecule has 2 aromatic heterocycles. The number of aromatic amines is 1. The Balaban J connectivity index is 1.27. The van der Waals surface area contributed by atoms with Crippen LogP contribution < -0.4 is 19.5 Å². The second-order valence-corrected chi connectivity index (χ2v) is 17.4. The number of ether oxygens (including phenoxy) is 2. The van der Waals surface area contributed by atoms with E-state index in [0.29, 0.717) is 65.2 Å². The van der Waals surface area contributed by atoms with Crippen LogP contribution in [0.4, 0.5) is 11.4 Å². The van der Waals surface area contributed by atoms with E-state index in [1.54, 1.807) is 28.9 Å². The molecule has 0 aliphatic rings. The van der Waals surface area contributed by atoms with Crippen molar-refractivity contribution in [3.05, 3.63) is 65.1 Å². The number of hydrogen-bond donors (Lipinski definition) is 3. The predicted octanol–water partition coefficient (Wildman–Crippen LogP) is 10.3. The quantitative estimate of drug-likeness (QED) is 0.0569. The molecule has 0 bridgehead atoms. The average Bonchev–Trinajstić information content (AvgIpc) is 3.69. The summed E-state index contributed by atoms with van der Waals surface area (Å²) in [7, 11) is -3.41. The minimum atomic E-state index is -3.41. The lowest BCUT2D eigenvalue weighted by Gasteiger charge is -2.19. The molecule has 0 spiro atoms. The molecular formula is C41H61ClN6O5S. The molecule has 11 nitrogen and oxygen atoms in total. The zero-order chi connectivity index (χ0) is 39.0. The molecule has 2 heterocycles. The zero-order valence-corrected chi connectivity index (χ0v) is 34.5. The van der Waals surface area contributed by atoms with Crippen LogP contribution in [0.5, 0.6) is 11.5 Å². The second kappa shape index (κ2) is 21.4. The number of carbonyl (C=O) groups excluding carboxylic acids is 1. The molecule has 0 saturated carbocycles. The predicted molar refractivity (Wildman–Crippen MR) is 220 cm³/mol. The molecule has 0 radical (unpaired) electrons. The van der Waals surface area contributed by atoms with Gasteiger partial charge in [0.15, 0.2) is 17.6 Å². The van der Waals surface area contributed by atoms with Crippen LogP contribution in [0.2, 0.25) is 5.02 Å². The number of aryl methyl sites for hydroxylation is 1. The maximum atomic E-state index is 13.5. The Bertz CT molecular complexity index is 1820. The number of nitrogens with zero attached hydrogens (tertiary/aromatic N) is 3. The van der Waals surface area contributed by atoms with E-state index in [1.807, 2.05) is 31.2 Å². The third-order valence-corrected chi connectivity index (χ3v) is 11.0. The minimum Gasteiger partial charge on any atom is -0.494 e. The molecule has 1 amide bonds. The number of amides is 1. The van der Waals surface area contributed by atoms with Gasteiger partial charge in [-0.05, 0) is 74.2 Å². The van der Waals surface area contributed by atoms with Gasteiger partial charge < -0.3 is 14.8 Å². The number of sulfonamides is 1.